The van der Waals surface area contributed by atoms with Gasteiger partial charge >= 0.3 is 6.36 Å². The SMILES string of the molecule is CC(C)SCc1ccc(OC(F)(F)F)cc1. The topological polar surface area (TPSA) is 9.23 Å². The van der Waals surface area contributed by atoms with Crippen LogP contribution in [0.15, 0.2) is 24.3 Å². The monoisotopic (exact) mass is 250 g/mol. The van der Waals surface area contributed by atoms with Crippen LogP contribution in [-0.2, 0) is 5.75 Å². The first kappa shape index (κ1) is 13.2. The molecule has 90 valence electrons. The number of halogens is 3. The van der Waals surface area contributed by atoms with Gasteiger partial charge < -0.3 is 4.74 Å². The van der Waals surface area contributed by atoms with Gasteiger partial charge in [-0.3, -0.25) is 0 Å². The largest absolute Gasteiger partial charge is 0.573 e. The van der Waals surface area contributed by atoms with Crippen LogP contribution >= 0.6 is 11.8 Å². The van der Waals surface area contributed by atoms with Crippen molar-refractivity contribution in [1.29, 1.82) is 0 Å². The summed E-state index contributed by atoms with van der Waals surface area (Å²) in [5.74, 6) is 0.620. The van der Waals surface area contributed by atoms with Crippen molar-refractivity contribution in [3.05, 3.63) is 29.8 Å². The number of alkyl halides is 3. The second kappa shape index (κ2) is 5.48. The fourth-order valence-electron chi connectivity index (χ4n) is 1.05. The van der Waals surface area contributed by atoms with Crippen LogP contribution < -0.4 is 4.74 Å². The van der Waals surface area contributed by atoms with E-state index >= 15 is 0 Å². The molecule has 0 aliphatic carbocycles. The third-order valence-corrected chi connectivity index (χ3v) is 2.91. The quantitative estimate of drug-likeness (QED) is 0.791. The fraction of sp³-hybridized carbons (Fsp3) is 0.455. The van der Waals surface area contributed by atoms with E-state index in [4.69, 9.17) is 0 Å². The van der Waals surface area contributed by atoms with E-state index in [1.165, 1.54) is 12.1 Å². The number of hydrogen-bond donors (Lipinski definition) is 0. The summed E-state index contributed by atoms with van der Waals surface area (Å²) in [7, 11) is 0. The molecule has 1 aromatic carbocycles. The van der Waals surface area contributed by atoms with Gasteiger partial charge in [0.2, 0.25) is 0 Å². The Bertz CT molecular complexity index is 319. The van der Waals surface area contributed by atoms with Gasteiger partial charge in [-0.25, -0.2) is 0 Å². The van der Waals surface area contributed by atoms with Gasteiger partial charge in [0, 0.05) is 5.75 Å². The number of benzene rings is 1. The molecule has 0 atom stereocenters. The summed E-state index contributed by atoms with van der Waals surface area (Å²) in [5, 5.41) is 0.506. The summed E-state index contributed by atoms with van der Waals surface area (Å²) in [4.78, 5) is 0. The Hall–Kier alpha value is -0.840. The fourth-order valence-corrected chi connectivity index (χ4v) is 1.77. The van der Waals surface area contributed by atoms with Gasteiger partial charge in [0.15, 0.2) is 0 Å². The molecular weight excluding hydrogens is 237 g/mol. The van der Waals surface area contributed by atoms with Crippen LogP contribution in [0.2, 0.25) is 0 Å². The molecule has 0 aromatic heterocycles. The Labute approximate surface area is 97.0 Å². The Morgan fingerprint density at radius 2 is 1.75 bits per heavy atom. The molecule has 0 aliphatic rings. The van der Waals surface area contributed by atoms with Crippen LogP contribution in [0.25, 0.3) is 0 Å². The highest BCUT2D eigenvalue weighted by atomic mass is 32.2. The number of thioether (sulfide) groups is 1. The molecule has 0 fully saturated rings. The summed E-state index contributed by atoms with van der Waals surface area (Å²) < 4.78 is 39.4. The van der Waals surface area contributed by atoms with Crippen LogP contribution in [0.5, 0.6) is 5.75 Å². The average molecular weight is 250 g/mol. The Balaban J connectivity index is 2.54. The van der Waals surface area contributed by atoms with Crippen LogP contribution in [0.3, 0.4) is 0 Å². The van der Waals surface area contributed by atoms with Crippen LogP contribution in [0.1, 0.15) is 19.4 Å². The molecule has 0 radical (unpaired) electrons. The van der Waals surface area contributed by atoms with E-state index < -0.39 is 6.36 Å². The molecule has 0 N–H and O–H groups in total. The van der Waals surface area contributed by atoms with Crippen molar-refractivity contribution < 1.29 is 17.9 Å². The molecule has 0 heterocycles. The maximum Gasteiger partial charge on any atom is 0.573 e. The minimum atomic E-state index is -4.62. The lowest BCUT2D eigenvalue weighted by Crippen LogP contribution is -2.16. The maximum atomic E-state index is 11.9. The van der Waals surface area contributed by atoms with Gasteiger partial charge in [0.1, 0.15) is 5.75 Å². The zero-order chi connectivity index (χ0) is 12.2. The van der Waals surface area contributed by atoms with Gasteiger partial charge in [-0.05, 0) is 22.9 Å². The first-order valence-corrected chi connectivity index (χ1v) is 5.88. The molecule has 0 unspecified atom stereocenters. The third kappa shape index (κ3) is 5.30. The molecule has 1 aromatic rings. The van der Waals surface area contributed by atoms with E-state index in [0.29, 0.717) is 5.25 Å². The molecule has 0 saturated heterocycles. The molecule has 5 heteroatoms. The third-order valence-electron chi connectivity index (χ3n) is 1.74. The van der Waals surface area contributed by atoms with Crippen molar-refractivity contribution in [2.75, 3.05) is 0 Å². The highest BCUT2D eigenvalue weighted by molar-refractivity contribution is 7.99. The van der Waals surface area contributed by atoms with Gasteiger partial charge in [0.05, 0.1) is 0 Å². The maximum absolute atomic E-state index is 11.9. The highest BCUT2D eigenvalue weighted by Crippen LogP contribution is 2.24. The Morgan fingerprint density at radius 3 is 2.19 bits per heavy atom. The van der Waals surface area contributed by atoms with E-state index in [1.807, 2.05) is 0 Å². The van der Waals surface area contributed by atoms with Crippen molar-refractivity contribution >= 4 is 11.8 Å². The molecule has 0 spiro atoms. The van der Waals surface area contributed by atoms with Gasteiger partial charge in [-0.1, -0.05) is 26.0 Å². The summed E-state index contributed by atoms with van der Waals surface area (Å²) in [6.45, 7) is 4.15. The standard InChI is InChI=1S/C11H13F3OS/c1-8(2)16-7-9-3-5-10(6-4-9)15-11(12,13)14/h3-6,8H,7H2,1-2H3. The summed E-state index contributed by atoms with van der Waals surface area (Å²) in [6.07, 6.45) is -4.62. The smallest absolute Gasteiger partial charge is 0.406 e. The molecule has 0 bridgehead atoms. The molecule has 0 saturated carbocycles. The first-order chi connectivity index (χ1) is 7.37. The molecule has 0 aliphatic heterocycles. The minimum Gasteiger partial charge on any atom is -0.406 e. The van der Waals surface area contributed by atoms with E-state index in [9.17, 15) is 13.2 Å². The van der Waals surface area contributed by atoms with Gasteiger partial charge in [-0.2, -0.15) is 11.8 Å². The Kier molecular flexibility index (Phi) is 4.53. The van der Waals surface area contributed by atoms with Crippen LogP contribution in [-0.4, -0.2) is 11.6 Å². The van der Waals surface area contributed by atoms with E-state index in [2.05, 4.69) is 18.6 Å². The predicted molar refractivity (Wildman–Crippen MR) is 59.6 cm³/mol. The van der Waals surface area contributed by atoms with Crippen molar-refractivity contribution in [3.63, 3.8) is 0 Å². The summed E-state index contributed by atoms with van der Waals surface area (Å²) >= 11 is 1.74. The highest BCUT2D eigenvalue weighted by Gasteiger charge is 2.30. The van der Waals surface area contributed by atoms with Crippen LogP contribution in [0.4, 0.5) is 13.2 Å². The van der Waals surface area contributed by atoms with Crippen LogP contribution in [0, 0.1) is 0 Å². The Morgan fingerprint density at radius 1 is 1.19 bits per heavy atom. The second-order valence-electron chi connectivity index (χ2n) is 3.55. The number of hydrogen-bond acceptors (Lipinski definition) is 2. The molecule has 16 heavy (non-hydrogen) atoms. The first-order valence-electron chi connectivity index (χ1n) is 4.83. The van der Waals surface area contributed by atoms with Crippen molar-refractivity contribution in [2.45, 2.75) is 31.2 Å². The lowest BCUT2D eigenvalue weighted by atomic mass is 10.2. The normalized spacial score (nSPS) is 11.9. The summed E-state index contributed by atoms with van der Waals surface area (Å²) in [6, 6.07) is 5.97. The van der Waals surface area contributed by atoms with Crippen molar-refractivity contribution in [2.24, 2.45) is 0 Å². The van der Waals surface area contributed by atoms with E-state index in [0.717, 1.165) is 11.3 Å². The minimum absolute atomic E-state index is 0.175. The predicted octanol–water partition coefficient (Wildman–Crippen LogP) is 4.23. The molecular formula is C11H13F3OS. The lowest BCUT2D eigenvalue weighted by molar-refractivity contribution is -0.274. The molecule has 0 amide bonds. The summed E-state index contributed by atoms with van der Waals surface area (Å²) in [5.41, 5.74) is 0.994. The molecule has 1 nitrogen and oxygen atoms in total. The van der Waals surface area contributed by atoms with Gasteiger partial charge in [-0.15, -0.1) is 13.2 Å². The number of ether oxygens (including phenoxy) is 1. The van der Waals surface area contributed by atoms with E-state index in [1.54, 1.807) is 23.9 Å². The van der Waals surface area contributed by atoms with Gasteiger partial charge in [0.25, 0.3) is 0 Å². The molecule has 1 rings (SSSR count). The zero-order valence-electron chi connectivity index (χ0n) is 9.04. The van der Waals surface area contributed by atoms with Crippen molar-refractivity contribution in [1.82, 2.24) is 0 Å². The number of rotatable bonds is 4. The van der Waals surface area contributed by atoms with E-state index in [-0.39, 0.29) is 5.75 Å². The zero-order valence-corrected chi connectivity index (χ0v) is 9.86. The average Bonchev–Trinajstić information content (AvgIpc) is 2.14. The second-order valence-corrected chi connectivity index (χ2v) is 5.12. The lowest BCUT2D eigenvalue weighted by Gasteiger charge is -2.09. The van der Waals surface area contributed by atoms with Crippen molar-refractivity contribution in [3.8, 4) is 5.75 Å².